The molecule has 0 radical (unpaired) electrons. The minimum Gasteiger partial charge on any atom is -0.464 e. The third kappa shape index (κ3) is 2.01. The molecule has 2 heteroatoms. The molecule has 0 atom stereocenters. The topological polar surface area (TPSA) is 26.3 Å². The van der Waals surface area contributed by atoms with E-state index in [9.17, 15) is 0 Å². The Morgan fingerprint density at radius 2 is 1.46 bits per heavy atom. The van der Waals surface area contributed by atoms with Gasteiger partial charge in [-0.25, -0.2) is 0 Å². The van der Waals surface area contributed by atoms with Crippen molar-refractivity contribution in [3.63, 3.8) is 0 Å². The van der Waals surface area contributed by atoms with Crippen LogP contribution in [0.15, 0.2) is 51.4 Å². The number of hydrogen-bond donors (Lipinski definition) is 0. The highest BCUT2D eigenvalue weighted by atomic mass is 16.3. The minimum absolute atomic E-state index is 0.780. The maximum Gasteiger partial charge on any atom is 0.134 e. The van der Waals surface area contributed by atoms with Crippen LogP contribution in [0.25, 0.3) is 12.2 Å². The first kappa shape index (κ1) is 7.71. The summed E-state index contributed by atoms with van der Waals surface area (Å²) in [5.74, 6) is 1.56. The van der Waals surface area contributed by atoms with Gasteiger partial charge in [0.05, 0.1) is 12.5 Å². The predicted octanol–water partition coefficient (Wildman–Crippen LogP) is 3.20. The molecule has 0 N–H and O–H groups in total. The van der Waals surface area contributed by atoms with E-state index in [2.05, 4.69) is 5.73 Å². The summed E-state index contributed by atoms with van der Waals surface area (Å²) < 4.78 is 10.2. The van der Waals surface area contributed by atoms with Gasteiger partial charge < -0.3 is 8.83 Å². The molecule has 0 fully saturated rings. The summed E-state index contributed by atoms with van der Waals surface area (Å²) in [5.41, 5.74) is 2.95. The van der Waals surface area contributed by atoms with Crippen molar-refractivity contribution in [1.82, 2.24) is 0 Å². The monoisotopic (exact) mass is 172 g/mol. The maximum absolute atomic E-state index is 5.08. The van der Waals surface area contributed by atoms with E-state index in [1.807, 2.05) is 24.3 Å². The van der Waals surface area contributed by atoms with Crippen molar-refractivity contribution in [2.45, 2.75) is 0 Å². The zero-order valence-corrected chi connectivity index (χ0v) is 6.94. The van der Waals surface area contributed by atoms with Gasteiger partial charge in [0.25, 0.3) is 0 Å². The molecule has 0 amide bonds. The second kappa shape index (κ2) is 3.65. The second-order valence-corrected chi connectivity index (χ2v) is 2.49. The summed E-state index contributed by atoms with van der Waals surface area (Å²) in [6.07, 6.45) is 6.76. The molecule has 0 spiro atoms. The minimum atomic E-state index is 0.780. The first-order chi connectivity index (χ1) is 6.45. The number of furan rings is 2. The van der Waals surface area contributed by atoms with Crippen molar-refractivity contribution in [2.24, 2.45) is 0 Å². The van der Waals surface area contributed by atoms with Crippen LogP contribution in [0.2, 0.25) is 0 Å². The van der Waals surface area contributed by atoms with Gasteiger partial charge in [0.1, 0.15) is 11.5 Å². The van der Waals surface area contributed by atoms with Crippen LogP contribution in [0, 0.1) is 0 Å². The summed E-state index contributed by atoms with van der Waals surface area (Å²) in [4.78, 5) is 0. The molecule has 2 heterocycles. The maximum atomic E-state index is 5.08. The molecule has 2 aromatic rings. The molecular weight excluding hydrogens is 164 g/mol. The predicted molar refractivity (Wildman–Crippen MR) is 49.9 cm³/mol. The van der Waals surface area contributed by atoms with Gasteiger partial charge in [-0.3, -0.25) is 0 Å². The Morgan fingerprint density at radius 1 is 0.923 bits per heavy atom. The van der Waals surface area contributed by atoms with E-state index in [1.54, 1.807) is 24.7 Å². The van der Waals surface area contributed by atoms with E-state index in [4.69, 9.17) is 8.83 Å². The molecule has 64 valence electrons. The Bertz CT molecular complexity index is 363. The Labute approximate surface area is 75.8 Å². The van der Waals surface area contributed by atoms with Crippen molar-refractivity contribution in [1.29, 1.82) is 0 Å². The van der Waals surface area contributed by atoms with Crippen molar-refractivity contribution in [3.05, 3.63) is 54.0 Å². The first-order valence-corrected chi connectivity index (χ1v) is 3.95. The molecule has 0 aliphatic carbocycles. The SMILES string of the molecule is C(=Cc1ccco1)=Cc1ccco1. The number of hydrogen-bond acceptors (Lipinski definition) is 2. The van der Waals surface area contributed by atoms with Gasteiger partial charge in [-0.1, -0.05) is 0 Å². The van der Waals surface area contributed by atoms with Crippen LogP contribution in [0.5, 0.6) is 0 Å². The van der Waals surface area contributed by atoms with Crippen LogP contribution < -0.4 is 0 Å². The quantitative estimate of drug-likeness (QED) is 0.650. The lowest BCUT2D eigenvalue weighted by Crippen LogP contribution is -1.57. The molecule has 0 saturated heterocycles. The molecule has 0 aromatic carbocycles. The Balaban J connectivity index is 2.14. The average molecular weight is 172 g/mol. The fourth-order valence-corrected chi connectivity index (χ4v) is 0.953. The average Bonchev–Trinajstić information content (AvgIpc) is 2.75. The third-order valence-corrected chi connectivity index (χ3v) is 1.54. The molecule has 0 aliphatic rings. The van der Waals surface area contributed by atoms with Crippen LogP contribution >= 0.6 is 0 Å². The Hall–Kier alpha value is -1.92. The van der Waals surface area contributed by atoms with Crippen LogP contribution in [0.1, 0.15) is 11.5 Å². The molecule has 0 aliphatic heterocycles. The highest BCUT2D eigenvalue weighted by molar-refractivity contribution is 5.51. The highest BCUT2D eigenvalue weighted by Gasteiger charge is 1.86. The van der Waals surface area contributed by atoms with Gasteiger partial charge in [-0.05, 0) is 24.3 Å². The Morgan fingerprint density at radius 3 is 1.85 bits per heavy atom. The molecule has 13 heavy (non-hydrogen) atoms. The van der Waals surface area contributed by atoms with Gasteiger partial charge in [-0.15, -0.1) is 5.73 Å². The van der Waals surface area contributed by atoms with E-state index in [0.29, 0.717) is 0 Å². The van der Waals surface area contributed by atoms with Crippen molar-refractivity contribution >= 4 is 12.2 Å². The standard InChI is InChI=1S/C11H8O2/c1(4-10-6-2-8-12-10)5-11-7-3-9-13-11/h2-9H. The molecular formula is C11H8O2. The van der Waals surface area contributed by atoms with E-state index in [-0.39, 0.29) is 0 Å². The summed E-state index contributed by atoms with van der Waals surface area (Å²) in [6.45, 7) is 0. The highest BCUT2D eigenvalue weighted by Crippen LogP contribution is 2.04. The molecule has 2 aromatic heterocycles. The second-order valence-electron chi connectivity index (χ2n) is 2.49. The fraction of sp³-hybridized carbons (Fsp3) is 0. The van der Waals surface area contributed by atoms with Crippen LogP contribution in [0.3, 0.4) is 0 Å². The van der Waals surface area contributed by atoms with Gasteiger partial charge in [-0.2, -0.15) is 0 Å². The van der Waals surface area contributed by atoms with Crippen molar-refractivity contribution in [2.75, 3.05) is 0 Å². The number of rotatable bonds is 2. The molecule has 2 rings (SSSR count). The van der Waals surface area contributed by atoms with E-state index >= 15 is 0 Å². The summed E-state index contributed by atoms with van der Waals surface area (Å²) in [5, 5.41) is 0. The summed E-state index contributed by atoms with van der Waals surface area (Å²) >= 11 is 0. The van der Waals surface area contributed by atoms with Gasteiger partial charge in [0.2, 0.25) is 0 Å². The van der Waals surface area contributed by atoms with Gasteiger partial charge in [0.15, 0.2) is 0 Å². The molecule has 0 bridgehead atoms. The fourth-order valence-electron chi connectivity index (χ4n) is 0.953. The molecule has 0 saturated carbocycles. The lowest BCUT2D eigenvalue weighted by molar-refractivity contribution is 0.556. The van der Waals surface area contributed by atoms with Crippen LogP contribution in [-0.4, -0.2) is 0 Å². The molecule has 0 unspecified atom stereocenters. The third-order valence-electron chi connectivity index (χ3n) is 1.54. The summed E-state index contributed by atoms with van der Waals surface area (Å²) in [6, 6.07) is 7.40. The zero-order chi connectivity index (χ0) is 8.93. The normalized spacial score (nSPS) is 9.23. The van der Waals surface area contributed by atoms with Crippen molar-refractivity contribution < 1.29 is 8.83 Å². The van der Waals surface area contributed by atoms with E-state index in [0.717, 1.165) is 11.5 Å². The van der Waals surface area contributed by atoms with E-state index < -0.39 is 0 Å². The van der Waals surface area contributed by atoms with E-state index in [1.165, 1.54) is 0 Å². The van der Waals surface area contributed by atoms with Gasteiger partial charge in [0, 0.05) is 12.2 Å². The lowest BCUT2D eigenvalue weighted by atomic mass is 10.4. The van der Waals surface area contributed by atoms with Crippen LogP contribution in [-0.2, 0) is 0 Å². The Kier molecular flexibility index (Phi) is 2.17. The lowest BCUT2D eigenvalue weighted by Gasteiger charge is -1.78. The molecule has 2 nitrogen and oxygen atoms in total. The van der Waals surface area contributed by atoms with Gasteiger partial charge >= 0.3 is 0 Å². The van der Waals surface area contributed by atoms with Crippen LogP contribution in [0.4, 0.5) is 0 Å². The first-order valence-electron chi connectivity index (χ1n) is 3.95. The summed E-state index contributed by atoms with van der Waals surface area (Å²) in [7, 11) is 0. The van der Waals surface area contributed by atoms with Crippen molar-refractivity contribution in [3.8, 4) is 0 Å². The largest absolute Gasteiger partial charge is 0.464 e. The zero-order valence-electron chi connectivity index (χ0n) is 6.94. The smallest absolute Gasteiger partial charge is 0.134 e.